The zero-order chi connectivity index (χ0) is 18.8. The number of nitrogens with two attached hydrogens (primary N) is 1. The van der Waals surface area contributed by atoms with Crippen molar-refractivity contribution in [1.29, 1.82) is 0 Å². The first-order valence-corrected chi connectivity index (χ1v) is 10.9. The van der Waals surface area contributed by atoms with Gasteiger partial charge in [-0.1, -0.05) is 36.2 Å². The number of carbonyl (C=O) groups is 1. The highest BCUT2D eigenvalue weighted by atomic mass is 35.5. The summed E-state index contributed by atoms with van der Waals surface area (Å²) >= 11 is 7.28. The van der Waals surface area contributed by atoms with Crippen LogP contribution in [0.3, 0.4) is 0 Å². The highest BCUT2D eigenvalue weighted by Gasteiger charge is 2.35. The lowest BCUT2D eigenvalue weighted by Crippen LogP contribution is -2.50. The standard InChI is InChI=1S/C19H24ClN5OS/c20-15-9-7-14(8-10-15)18-22-23-19(25(18)21)27-12-17(26)24-11-3-5-13-4-1-2-6-16(13)24/h7-10,13,16H,1-6,11-12,21H2/t13-,16-/m0/s1. The van der Waals surface area contributed by atoms with E-state index in [1.165, 1.54) is 42.1 Å². The molecular weight excluding hydrogens is 382 g/mol. The third-order valence-corrected chi connectivity index (χ3v) is 6.84. The van der Waals surface area contributed by atoms with Crippen LogP contribution in [-0.4, -0.2) is 44.0 Å². The van der Waals surface area contributed by atoms with Crippen LogP contribution in [0.15, 0.2) is 29.4 Å². The number of aromatic nitrogens is 3. The monoisotopic (exact) mass is 405 g/mol. The van der Waals surface area contributed by atoms with Crippen LogP contribution >= 0.6 is 23.4 Å². The molecule has 0 bridgehead atoms. The van der Waals surface area contributed by atoms with Gasteiger partial charge in [0.15, 0.2) is 5.82 Å². The largest absolute Gasteiger partial charge is 0.339 e. The Morgan fingerprint density at radius 1 is 1.15 bits per heavy atom. The summed E-state index contributed by atoms with van der Waals surface area (Å²) in [5.74, 6) is 7.94. The molecule has 4 rings (SSSR count). The molecule has 0 spiro atoms. The lowest BCUT2D eigenvalue weighted by atomic mass is 9.78. The van der Waals surface area contributed by atoms with Crippen molar-refractivity contribution < 1.29 is 4.79 Å². The lowest BCUT2D eigenvalue weighted by Gasteiger charge is -2.44. The van der Waals surface area contributed by atoms with Gasteiger partial charge in [-0.25, -0.2) is 4.68 Å². The fraction of sp³-hybridized carbons (Fsp3) is 0.526. The van der Waals surface area contributed by atoms with Gasteiger partial charge in [-0.15, -0.1) is 10.2 Å². The molecule has 2 atom stereocenters. The number of nitrogen functional groups attached to an aromatic ring is 1. The SMILES string of the molecule is Nn1c(SCC(=O)N2CCC[C@@H]3CCCC[C@@H]32)nnc1-c1ccc(Cl)cc1. The van der Waals surface area contributed by atoms with Gasteiger partial charge in [0.1, 0.15) is 0 Å². The van der Waals surface area contributed by atoms with Crippen molar-refractivity contribution in [2.45, 2.75) is 49.7 Å². The second-order valence-corrected chi connectivity index (χ2v) is 8.69. The van der Waals surface area contributed by atoms with Gasteiger partial charge in [0.05, 0.1) is 5.75 Å². The van der Waals surface area contributed by atoms with E-state index in [-0.39, 0.29) is 5.91 Å². The summed E-state index contributed by atoms with van der Waals surface area (Å²) in [5, 5.41) is 9.53. The summed E-state index contributed by atoms with van der Waals surface area (Å²) in [6, 6.07) is 7.72. The van der Waals surface area contributed by atoms with Gasteiger partial charge in [-0.2, -0.15) is 0 Å². The Balaban J connectivity index is 1.41. The van der Waals surface area contributed by atoms with Gasteiger partial charge in [-0.3, -0.25) is 4.79 Å². The highest BCUT2D eigenvalue weighted by molar-refractivity contribution is 7.99. The summed E-state index contributed by atoms with van der Waals surface area (Å²) in [6.07, 6.45) is 7.34. The number of thioether (sulfide) groups is 1. The molecule has 0 unspecified atom stereocenters. The quantitative estimate of drug-likeness (QED) is 0.621. The zero-order valence-electron chi connectivity index (χ0n) is 15.2. The molecular formula is C19H24ClN5OS. The minimum atomic E-state index is 0.188. The maximum absolute atomic E-state index is 12.8. The van der Waals surface area contributed by atoms with E-state index in [1.54, 1.807) is 12.1 Å². The van der Waals surface area contributed by atoms with Crippen LogP contribution < -0.4 is 5.84 Å². The number of nitrogens with zero attached hydrogens (tertiary/aromatic N) is 4. The molecule has 1 aromatic heterocycles. The second kappa shape index (κ2) is 8.10. The Hall–Kier alpha value is -1.73. The van der Waals surface area contributed by atoms with Crippen molar-refractivity contribution in [2.75, 3.05) is 18.1 Å². The van der Waals surface area contributed by atoms with Gasteiger partial charge in [-0.05, 0) is 55.9 Å². The third-order valence-electron chi connectivity index (χ3n) is 5.66. The van der Waals surface area contributed by atoms with Crippen LogP contribution in [0.25, 0.3) is 11.4 Å². The Morgan fingerprint density at radius 3 is 2.70 bits per heavy atom. The summed E-state index contributed by atoms with van der Waals surface area (Å²) in [7, 11) is 0. The van der Waals surface area contributed by atoms with Crippen LogP contribution in [0.4, 0.5) is 0 Å². The molecule has 1 amide bonds. The number of fused-ring (bicyclic) bond motifs is 1. The van der Waals surface area contributed by atoms with Gasteiger partial charge >= 0.3 is 0 Å². The Kier molecular flexibility index (Phi) is 5.59. The summed E-state index contributed by atoms with van der Waals surface area (Å²) in [5.41, 5.74) is 0.841. The summed E-state index contributed by atoms with van der Waals surface area (Å²) in [4.78, 5) is 15.0. The number of hydrogen-bond acceptors (Lipinski definition) is 5. The Labute approximate surface area is 168 Å². The van der Waals surface area contributed by atoms with Gasteiger partial charge < -0.3 is 10.7 Å². The van der Waals surface area contributed by atoms with E-state index in [2.05, 4.69) is 15.1 Å². The first-order valence-electron chi connectivity index (χ1n) is 9.52. The molecule has 0 radical (unpaired) electrons. The van der Waals surface area contributed by atoms with Crippen molar-refractivity contribution in [2.24, 2.45) is 5.92 Å². The number of amides is 1. The van der Waals surface area contributed by atoms with E-state index in [0.717, 1.165) is 24.9 Å². The van der Waals surface area contributed by atoms with E-state index in [0.29, 0.717) is 33.7 Å². The van der Waals surface area contributed by atoms with Gasteiger partial charge in [0.2, 0.25) is 11.1 Å². The molecule has 1 aliphatic carbocycles. The minimum absolute atomic E-state index is 0.188. The van der Waals surface area contributed by atoms with Gasteiger partial charge in [0.25, 0.3) is 0 Å². The molecule has 2 fully saturated rings. The molecule has 1 saturated carbocycles. The van der Waals surface area contributed by atoms with E-state index >= 15 is 0 Å². The fourth-order valence-corrected chi connectivity index (χ4v) is 5.18. The number of likely N-dealkylation sites (tertiary alicyclic amines) is 1. The maximum atomic E-state index is 12.8. The lowest BCUT2D eigenvalue weighted by molar-refractivity contribution is -0.134. The van der Waals surface area contributed by atoms with Crippen LogP contribution in [0.2, 0.25) is 5.02 Å². The predicted octanol–water partition coefficient (Wildman–Crippen LogP) is 3.59. The van der Waals surface area contributed by atoms with Gasteiger partial charge in [0, 0.05) is 23.2 Å². The summed E-state index contributed by atoms with van der Waals surface area (Å²) < 4.78 is 1.45. The van der Waals surface area contributed by atoms with E-state index in [1.807, 2.05) is 12.1 Å². The molecule has 8 heteroatoms. The van der Waals surface area contributed by atoms with E-state index in [4.69, 9.17) is 17.4 Å². The van der Waals surface area contributed by atoms with Crippen molar-refractivity contribution in [1.82, 2.24) is 19.8 Å². The Bertz CT molecular complexity index is 807. The normalized spacial score (nSPS) is 22.5. The molecule has 1 aromatic carbocycles. The molecule has 2 N–H and O–H groups in total. The molecule has 1 aliphatic heterocycles. The topological polar surface area (TPSA) is 77.0 Å². The van der Waals surface area contributed by atoms with E-state index in [9.17, 15) is 4.79 Å². The highest BCUT2D eigenvalue weighted by Crippen LogP contribution is 2.35. The van der Waals surface area contributed by atoms with Crippen LogP contribution in [0, 0.1) is 5.92 Å². The van der Waals surface area contributed by atoms with Crippen molar-refractivity contribution in [3.63, 3.8) is 0 Å². The molecule has 2 heterocycles. The van der Waals surface area contributed by atoms with Crippen molar-refractivity contribution in [3.8, 4) is 11.4 Å². The molecule has 6 nitrogen and oxygen atoms in total. The molecule has 1 saturated heterocycles. The fourth-order valence-electron chi connectivity index (χ4n) is 4.31. The number of rotatable bonds is 4. The average molecular weight is 406 g/mol. The molecule has 2 aromatic rings. The first kappa shape index (κ1) is 18.6. The second-order valence-electron chi connectivity index (χ2n) is 7.31. The average Bonchev–Trinajstić information content (AvgIpc) is 3.07. The first-order chi connectivity index (χ1) is 13.1. The van der Waals surface area contributed by atoms with Crippen LogP contribution in [-0.2, 0) is 4.79 Å². The molecule has 2 aliphatic rings. The minimum Gasteiger partial charge on any atom is -0.339 e. The van der Waals surface area contributed by atoms with Crippen LogP contribution in [0.1, 0.15) is 38.5 Å². The zero-order valence-corrected chi connectivity index (χ0v) is 16.8. The number of carbonyl (C=O) groups excluding carboxylic acids is 1. The number of piperidine rings is 1. The molecule has 144 valence electrons. The van der Waals surface area contributed by atoms with Crippen molar-refractivity contribution >= 4 is 29.3 Å². The Morgan fingerprint density at radius 2 is 1.89 bits per heavy atom. The molecule has 27 heavy (non-hydrogen) atoms. The predicted molar refractivity (Wildman–Crippen MR) is 108 cm³/mol. The number of benzene rings is 1. The van der Waals surface area contributed by atoms with E-state index < -0.39 is 0 Å². The third kappa shape index (κ3) is 3.94. The summed E-state index contributed by atoms with van der Waals surface area (Å²) in [6.45, 7) is 0.881. The number of halogens is 1. The van der Waals surface area contributed by atoms with Crippen LogP contribution in [0.5, 0.6) is 0 Å². The maximum Gasteiger partial charge on any atom is 0.233 e. The number of hydrogen-bond donors (Lipinski definition) is 1. The van der Waals surface area contributed by atoms with Crippen molar-refractivity contribution in [3.05, 3.63) is 29.3 Å². The smallest absolute Gasteiger partial charge is 0.233 e.